The third-order valence-electron chi connectivity index (χ3n) is 2.92. The Hall–Kier alpha value is -2.93. The summed E-state index contributed by atoms with van der Waals surface area (Å²) in [7, 11) is 0. The van der Waals surface area contributed by atoms with Gasteiger partial charge < -0.3 is 14.5 Å². The maximum absolute atomic E-state index is 11.2. The lowest BCUT2D eigenvalue weighted by molar-refractivity contribution is -0.137. The normalized spacial score (nSPS) is 10.1. The van der Waals surface area contributed by atoms with E-state index in [2.05, 4.69) is 17.2 Å². The lowest BCUT2D eigenvalue weighted by Crippen LogP contribution is -2.00. The number of hydrogen-bond donors (Lipinski definition) is 1. The van der Waals surface area contributed by atoms with Crippen LogP contribution < -0.4 is 5.32 Å². The maximum Gasteiger partial charge on any atom is 0.330 e. The van der Waals surface area contributed by atoms with Gasteiger partial charge in [0.1, 0.15) is 0 Å². The minimum absolute atomic E-state index is 0.329. The molecule has 4 heteroatoms. The van der Waals surface area contributed by atoms with Crippen molar-refractivity contribution in [3.8, 4) is 11.8 Å². The molecule has 0 saturated carbocycles. The van der Waals surface area contributed by atoms with Gasteiger partial charge in [-0.05, 0) is 48.7 Å². The number of nitrogens with one attached hydrogen (secondary N) is 1. The minimum atomic E-state index is -0.329. The van der Waals surface area contributed by atoms with Crippen LogP contribution in [-0.4, -0.2) is 19.1 Å². The Kier molecular flexibility index (Phi) is 6.55. The highest BCUT2D eigenvalue weighted by Crippen LogP contribution is 2.10. The van der Waals surface area contributed by atoms with Crippen LogP contribution >= 0.6 is 0 Å². The number of ether oxygens (including phenoxy) is 1. The Bertz CT molecular complexity index is 688. The van der Waals surface area contributed by atoms with E-state index in [1.165, 1.54) is 6.08 Å². The molecular formula is C19H19NO3. The quantitative estimate of drug-likeness (QED) is 0.382. The predicted octanol–water partition coefficient (Wildman–Crippen LogP) is 3.71. The number of esters is 1. The molecule has 0 atom stereocenters. The van der Waals surface area contributed by atoms with E-state index < -0.39 is 0 Å². The molecule has 118 valence electrons. The third-order valence-corrected chi connectivity index (χ3v) is 2.92. The highest BCUT2D eigenvalue weighted by atomic mass is 16.5. The standard InChI is InChI=1S/C19H19NO3/c1-2-22-19(21)13-10-16-8-11-17(12-9-16)20-14-4-3-6-18-7-5-15-23-18/h5,7-13,15,20H,2,4,14H2,1H3. The van der Waals surface area contributed by atoms with E-state index in [-0.39, 0.29) is 5.97 Å². The molecule has 0 unspecified atom stereocenters. The average Bonchev–Trinajstić information content (AvgIpc) is 3.07. The second-order valence-electron chi connectivity index (χ2n) is 4.66. The molecule has 0 spiro atoms. The highest BCUT2D eigenvalue weighted by molar-refractivity contribution is 5.87. The van der Waals surface area contributed by atoms with Crippen LogP contribution in [0, 0.1) is 11.8 Å². The summed E-state index contributed by atoms with van der Waals surface area (Å²) >= 11 is 0. The van der Waals surface area contributed by atoms with Gasteiger partial charge >= 0.3 is 5.97 Å². The Morgan fingerprint density at radius 2 is 2.13 bits per heavy atom. The SMILES string of the molecule is CCOC(=O)C=Cc1ccc(NCCC#Cc2ccco2)cc1. The zero-order valence-electron chi connectivity index (χ0n) is 13.0. The van der Waals surface area contributed by atoms with Crippen molar-refractivity contribution < 1.29 is 13.9 Å². The molecule has 1 aromatic carbocycles. The Morgan fingerprint density at radius 3 is 2.83 bits per heavy atom. The molecule has 0 bridgehead atoms. The average molecular weight is 309 g/mol. The van der Waals surface area contributed by atoms with Crippen LogP contribution in [0.1, 0.15) is 24.7 Å². The van der Waals surface area contributed by atoms with E-state index in [4.69, 9.17) is 9.15 Å². The monoisotopic (exact) mass is 309 g/mol. The smallest absolute Gasteiger partial charge is 0.330 e. The van der Waals surface area contributed by atoms with Crippen LogP contribution in [0.25, 0.3) is 6.08 Å². The van der Waals surface area contributed by atoms with Crippen LogP contribution in [0.3, 0.4) is 0 Å². The second-order valence-corrected chi connectivity index (χ2v) is 4.66. The molecule has 2 rings (SSSR count). The van der Waals surface area contributed by atoms with Crippen LogP contribution in [0.2, 0.25) is 0 Å². The van der Waals surface area contributed by atoms with Gasteiger partial charge in [-0.3, -0.25) is 0 Å². The van der Waals surface area contributed by atoms with Gasteiger partial charge in [-0.1, -0.05) is 18.1 Å². The van der Waals surface area contributed by atoms with Gasteiger partial charge in [0.05, 0.1) is 12.9 Å². The van der Waals surface area contributed by atoms with E-state index in [0.29, 0.717) is 12.4 Å². The molecule has 0 aliphatic carbocycles. The zero-order chi connectivity index (χ0) is 16.3. The first kappa shape index (κ1) is 16.4. The summed E-state index contributed by atoms with van der Waals surface area (Å²) in [5, 5.41) is 3.29. The van der Waals surface area contributed by atoms with E-state index in [0.717, 1.165) is 24.2 Å². The Balaban J connectivity index is 1.75. The first-order valence-electron chi connectivity index (χ1n) is 7.49. The molecular weight excluding hydrogens is 290 g/mol. The summed E-state index contributed by atoms with van der Waals surface area (Å²) in [6.07, 6.45) is 5.50. The Morgan fingerprint density at radius 1 is 1.30 bits per heavy atom. The van der Waals surface area contributed by atoms with Crippen molar-refractivity contribution in [2.75, 3.05) is 18.5 Å². The fourth-order valence-electron chi connectivity index (χ4n) is 1.84. The van der Waals surface area contributed by atoms with Crippen molar-refractivity contribution in [3.63, 3.8) is 0 Å². The van der Waals surface area contributed by atoms with Gasteiger partial charge in [0.2, 0.25) is 0 Å². The first-order valence-corrected chi connectivity index (χ1v) is 7.49. The van der Waals surface area contributed by atoms with Crippen molar-refractivity contribution in [1.29, 1.82) is 0 Å². The van der Waals surface area contributed by atoms with Crippen molar-refractivity contribution in [2.45, 2.75) is 13.3 Å². The summed E-state index contributed by atoms with van der Waals surface area (Å²) in [4.78, 5) is 11.2. The molecule has 0 aliphatic heterocycles. The van der Waals surface area contributed by atoms with Gasteiger partial charge in [0, 0.05) is 24.7 Å². The molecule has 0 saturated heterocycles. The molecule has 0 amide bonds. The number of carbonyl (C=O) groups is 1. The van der Waals surface area contributed by atoms with E-state index in [1.54, 1.807) is 19.3 Å². The molecule has 0 aliphatic rings. The number of anilines is 1. The number of rotatable bonds is 6. The van der Waals surface area contributed by atoms with Crippen LogP contribution in [0.4, 0.5) is 5.69 Å². The molecule has 1 heterocycles. The van der Waals surface area contributed by atoms with Crippen LogP contribution in [0.5, 0.6) is 0 Å². The van der Waals surface area contributed by atoms with Crippen LogP contribution in [0.15, 0.2) is 53.2 Å². The fourth-order valence-corrected chi connectivity index (χ4v) is 1.84. The van der Waals surface area contributed by atoms with Gasteiger partial charge in [0.15, 0.2) is 5.76 Å². The van der Waals surface area contributed by atoms with Crippen LogP contribution in [-0.2, 0) is 9.53 Å². The first-order chi connectivity index (χ1) is 11.3. The van der Waals surface area contributed by atoms with Crippen molar-refractivity contribution in [1.82, 2.24) is 0 Å². The summed E-state index contributed by atoms with van der Waals surface area (Å²) in [5.41, 5.74) is 1.96. The summed E-state index contributed by atoms with van der Waals surface area (Å²) < 4.78 is 9.97. The zero-order valence-corrected chi connectivity index (χ0v) is 13.0. The summed E-state index contributed by atoms with van der Waals surface area (Å²) in [5.74, 6) is 6.35. The molecule has 23 heavy (non-hydrogen) atoms. The maximum atomic E-state index is 11.2. The lowest BCUT2D eigenvalue weighted by atomic mass is 10.2. The lowest BCUT2D eigenvalue weighted by Gasteiger charge is -2.04. The summed E-state index contributed by atoms with van der Waals surface area (Å²) in [6, 6.07) is 11.5. The van der Waals surface area contributed by atoms with E-state index in [1.807, 2.05) is 36.4 Å². The molecule has 0 radical (unpaired) electrons. The largest absolute Gasteiger partial charge is 0.463 e. The number of carbonyl (C=O) groups excluding carboxylic acids is 1. The topological polar surface area (TPSA) is 51.5 Å². The molecule has 1 N–H and O–H groups in total. The van der Waals surface area contributed by atoms with Crippen molar-refractivity contribution in [3.05, 3.63) is 60.1 Å². The molecule has 0 fully saturated rings. The second kappa shape index (κ2) is 9.16. The van der Waals surface area contributed by atoms with E-state index in [9.17, 15) is 4.79 Å². The predicted molar refractivity (Wildman–Crippen MR) is 90.8 cm³/mol. The van der Waals surface area contributed by atoms with Crippen molar-refractivity contribution >= 4 is 17.7 Å². The number of benzene rings is 1. The molecule has 2 aromatic rings. The Labute approximate surface area is 136 Å². The third kappa shape index (κ3) is 6.15. The van der Waals surface area contributed by atoms with Gasteiger partial charge in [-0.15, -0.1) is 0 Å². The number of furan rings is 1. The minimum Gasteiger partial charge on any atom is -0.463 e. The molecule has 4 nitrogen and oxygen atoms in total. The van der Waals surface area contributed by atoms with Gasteiger partial charge in [-0.2, -0.15) is 0 Å². The highest BCUT2D eigenvalue weighted by Gasteiger charge is 1.95. The van der Waals surface area contributed by atoms with Gasteiger partial charge in [0.25, 0.3) is 0 Å². The van der Waals surface area contributed by atoms with Gasteiger partial charge in [-0.25, -0.2) is 4.79 Å². The fraction of sp³-hybridized carbons (Fsp3) is 0.211. The van der Waals surface area contributed by atoms with Crippen molar-refractivity contribution in [2.24, 2.45) is 0 Å². The number of hydrogen-bond acceptors (Lipinski definition) is 4. The molecule has 1 aromatic heterocycles. The summed E-state index contributed by atoms with van der Waals surface area (Å²) in [6.45, 7) is 2.92. The van der Waals surface area contributed by atoms with E-state index >= 15 is 0 Å².